The summed E-state index contributed by atoms with van der Waals surface area (Å²) in [6.45, 7) is 0. The number of hydrogen-bond acceptors (Lipinski definition) is 4. The van der Waals surface area contributed by atoms with Gasteiger partial charge >= 0.3 is 0 Å². The van der Waals surface area contributed by atoms with Crippen LogP contribution in [0.2, 0.25) is 0 Å². The Kier molecular flexibility index (Phi) is 1.70. The zero-order valence-corrected chi connectivity index (χ0v) is 6.97. The van der Waals surface area contributed by atoms with E-state index in [1.807, 2.05) is 0 Å². The van der Waals surface area contributed by atoms with E-state index in [1.165, 1.54) is 13.3 Å². The first-order valence-electron chi connectivity index (χ1n) is 3.68. The van der Waals surface area contributed by atoms with E-state index in [9.17, 15) is 4.79 Å². The van der Waals surface area contributed by atoms with Crippen LogP contribution >= 0.6 is 0 Å². The molecule has 0 atom stereocenters. The van der Waals surface area contributed by atoms with E-state index < -0.39 is 0 Å². The molecule has 0 saturated carbocycles. The third kappa shape index (κ3) is 1.14. The number of imidazole rings is 1. The van der Waals surface area contributed by atoms with Crippen LogP contribution in [0.3, 0.4) is 0 Å². The first-order chi connectivity index (χ1) is 6.35. The normalized spacial score (nSPS) is 10.2. The zero-order valence-electron chi connectivity index (χ0n) is 6.97. The monoisotopic (exact) mass is 177 g/mol. The number of carbonyl (C=O) groups excluding carboxylic acids is 1. The lowest BCUT2D eigenvalue weighted by Gasteiger charge is -1.98. The van der Waals surface area contributed by atoms with Gasteiger partial charge in [-0.2, -0.15) is 4.98 Å². The van der Waals surface area contributed by atoms with Crippen molar-refractivity contribution >= 4 is 12.1 Å². The number of nitrogens with zero attached hydrogens (tertiary/aromatic N) is 3. The summed E-state index contributed by atoms with van der Waals surface area (Å²) >= 11 is 0. The molecular weight excluding hydrogens is 170 g/mol. The fourth-order valence-electron chi connectivity index (χ4n) is 1.07. The Morgan fingerprint density at radius 3 is 3.15 bits per heavy atom. The van der Waals surface area contributed by atoms with Crippen LogP contribution in [0.4, 0.5) is 0 Å². The molecule has 0 unspecified atom stereocenters. The number of aldehydes is 1. The van der Waals surface area contributed by atoms with E-state index in [2.05, 4.69) is 9.97 Å². The van der Waals surface area contributed by atoms with Crippen LogP contribution in [0.5, 0.6) is 5.88 Å². The first kappa shape index (κ1) is 7.72. The maximum atomic E-state index is 10.5. The Morgan fingerprint density at radius 2 is 2.46 bits per heavy atom. The molecule has 0 aromatic carbocycles. The highest BCUT2D eigenvalue weighted by atomic mass is 16.5. The Hall–Kier alpha value is -1.91. The van der Waals surface area contributed by atoms with Crippen LogP contribution in [0.25, 0.3) is 5.78 Å². The minimum atomic E-state index is 0.460. The number of aromatic nitrogens is 3. The van der Waals surface area contributed by atoms with E-state index in [1.54, 1.807) is 16.7 Å². The first-order valence-corrected chi connectivity index (χ1v) is 3.68. The topological polar surface area (TPSA) is 56.5 Å². The number of carbonyl (C=O) groups is 1. The Morgan fingerprint density at radius 1 is 1.62 bits per heavy atom. The van der Waals surface area contributed by atoms with Crippen molar-refractivity contribution in [1.82, 2.24) is 14.4 Å². The molecule has 0 aliphatic heterocycles. The molecule has 66 valence electrons. The summed E-state index contributed by atoms with van der Waals surface area (Å²) in [5.74, 6) is 0.942. The van der Waals surface area contributed by atoms with E-state index >= 15 is 0 Å². The summed E-state index contributed by atoms with van der Waals surface area (Å²) in [6, 6.07) is 1.67. The van der Waals surface area contributed by atoms with Gasteiger partial charge in [-0.25, -0.2) is 4.98 Å². The van der Waals surface area contributed by atoms with Gasteiger partial charge in [-0.1, -0.05) is 0 Å². The molecule has 2 aromatic rings. The highest BCUT2D eigenvalue weighted by molar-refractivity contribution is 5.73. The number of rotatable bonds is 2. The standard InChI is InChI=1S/C8H7N3O2/c1-13-7-2-3-11-6(5-12)4-9-8(11)10-7/h2-5H,1H3. The summed E-state index contributed by atoms with van der Waals surface area (Å²) in [4.78, 5) is 18.5. The number of methoxy groups -OCH3 is 1. The molecule has 0 amide bonds. The van der Waals surface area contributed by atoms with Gasteiger partial charge in [-0.05, 0) is 0 Å². The summed E-state index contributed by atoms with van der Waals surface area (Å²) in [7, 11) is 1.53. The van der Waals surface area contributed by atoms with Crippen molar-refractivity contribution in [2.75, 3.05) is 7.11 Å². The molecule has 2 aromatic heterocycles. The van der Waals surface area contributed by atoms with E-state index in [0.29, 0.717) is 17.4 Å². The van der Waals surface area contributed by atoms with Gasteiger partial charge in [0.25, 0.3) is 0 Å². The summed E-state index contributed by atoms with van der Waals surface area (Å²) in [6.07, 6.45) is 3.89. The lowest BCUT2D eigenvalue weighted by molar-refractivity contribution is 0.111. The number of hydrogen-bond donors (Lipinski definition) is 0. The van der Waals surface area contributed by atoms with Crippen molar-refractivity contribution in [3.8, 4) is 5.88 Å². The minimum Gasteiger partial charge on any atom is -0.481 e. The van der Waals surface area contributed by atoms with Gasteiger partial charge in [0.2, 0.25) is 11.7 Å². The zero-order chi connectivity index (χ0) is 9.26. The molecule has 5 heteroatoms. The van der Waals surface area contributed by atoms with E-state index in [0.717, 1.165) is 6.29 Å². The maximum Gasteiger partial charge on any atom is 0.237 e. The van der Waals surface area contributed by atoms with Crippen molar-refractivity contribution in [3.63, 3.8) is 0 Å². The van der Waals surface area contributed by atoms with Gasteiger partial charge in [-0.3, -0.25) is 9.20 Å². The van der Waals surface area contributed by atoms with Crippen molar-refractivity contribution in [2.24, 2.45) is 0 Å². The molecule has 0 spiro atoms. The second-order valence-electron chi connectivity index (χ2n) is 2.44. The predicted molar refractivity (Wildman–Crippen MR) is 44.9 cm³/mol. The molecule has 0 aliphatic rings. The summed E-state index contributed by atoms with van der Waals surface area (Å²) in [5, 5.41) is 0. The average molecular weight is 177 g/mol. The van der Waals surface area contributed by atoms with Crippen LogP contribution in [0.1, 0.15) is 10.5 Å². The second kappa shape index (κ2) is 2.85. The van der Waals surface area contributed by atoms with Gasteiger partial charge in [0.15, 0.2) is 6.29 Å². The summed E-state index contributed by atoms with van der Waals surface area (Å²) in [5.41, 5.74) is 0.477. The van der Waals surface area contributed by atoms with Crippen LogP contribution < -0.4 is 4.74 Å². The molecule has 0 radical (unpaired) electrons. The Labute approximate surface area is 74.0 Å². The van der Waals surface area contributed by atoms with Crippen LogP contribution in [-0.4, -0.2) is 27.8 Å². The Balaban J connectivity index is 2.67. The molecule has 2 heterocycles. The molecule has 2 rings (SSSR count). The van der Waals surface area contributed by atoms with Gasteiger partial charge < -0.3 is 4.74 Å². The minimum absolute atomic E-state index is 0.460. The number of fused-ring (bicyclic) bond motifs is 1. The molecule has 5 nitrogen and oxygen atoms in total. The molecule has 0 bridgehead atoms. The average Bonchev–Trinajstić information content (AvgIpc) is 2.59. The smallest absolute Gasteiger partial charge is 0.237 e. The third-order valence-electron chi connectivity index (χ3n) is 1.71. The maximum absolute atomic E-state index is 10.5. The third-order valence-corrected chi connectivity index (χ3v) is 1.71. The lowest BCUT2D eigenvalue weighted by Crippen LogP contribution is -1.94. The predicted octanol–water partition coefficient (Wildman–Crippen LogP) is 0.550. The highest BCUT2D eigenvalue weighted by Crippen LogP contribution is 2.08. The molecular formula is C8H7N3O2. The Bertz CT molecular complexity index is 450. The quantitative estimate of drug-likeness (QED) is 0.628. The molecule has 13 heavy (non-hydrogen) atoms. The van der Waals surface area contributed by atoms with Gasteiger partial charge in [0, 0.05) is 12.3 Å². The summed E-state index contributed by atoms with van der Waals surface area (Å²) < 4.78 is 6.51. The molecule has 0 fully saturated rings. The van der Waals surface area contributed by atoms with Crippen molar-refractivity contribution in [3.05, 3.63) is 24.2 Å². The largest absolute Gasteiger partial charge is 0.481 e. The van der Waals surface area contributed by atoms with E-state index in [4.69, 9.17) is 4.74 Å². The lowest BCUT2D eigenvalue weighted by atomic mass is 10.5. The highest BCUT2D eigenvalue weighted by Gasteiger charge is 2.03. The molecule has 0 aliphatic carbocycles. The van der Waals surface area contributed by atoms with Crippen molar-refractivity contribution < 1.29 is 9.53 Å². The molecule has 0 N–H and O–H groups in total. The van der Waals surface area contributed by atoms with Gasteiger partial charge in [0.1, 0.15) is 5.69 Å². The SMILES string of the molecule is COc1ccn2c(C=O)cnc2n1. The molecule has 0 saturated heterocycles. The van der Waals surface area contributed by atoms with Crippen molar-refractivity contribution in [1.29, 1.82) is 0 Å². The number of ether oxygens (including phenoxy) is 1. The second-order valence-corrected chi connectivity index (χ2v) is 2.44. The van der Waals surface area contributed by atoms with Crippen LogP contribution in [0.15, 0.2) is 18.5 Å². The van der Waals surface area contributed by atoms with E-state index in [-0.39, 0.29) is 0 Å². The van der Waals surface area contributed by atoms with Gasteiger partial charge in [-0.15, -0.1) is 0 Å². The fourth-order valence-corrected chi connectivity index (χ4v) is 1.07. The fraction of sp³-hybridized carbons (Fsp3) is 0.125. The van der Waals surface area contributed by atoms with Crippen molar-refractivity contribution in [2.45, 2.75) is 0 Å². The van der Waals surface area contributed by atoms with Crippen LogP contribution in [0, 0.1) is 0 Å². The van der Waals surface area contributed by atoms with Gasteiger partial charge in [0.05, 0.1) is 13.3 Å². The van der Waals surface area contributed by atoms with Crippen LogP contribution in [-0.2, 0) is 0 Å².